The van der Waals surface area contributed by atoms with E-state index in [2.05, 4.69) is 10.6 Å². The Balaban J connectivity index is 1.45. The Hall–Kier alpha value is -3.61. The summed E-state index contributed by atoms with van der Waals surface area (Å²) >= 11 is 11.0. The first-order chi connectivity index (χ1) is 14.9. The fourth-order valence-corrected chi connectivity index (χ4v) is 3.58. The van der Waals surface area contributed by atoms with Gasteiger partial charge in [0.2, 0.25) is 5.91 Å². The van der Waals surface area contributed by atoms with Crippen LogP contribution in [0.25, 0.3) is 6.08 Å². The van der Waals surface area contributed by atoms with E-state index in [4.69, 9.17) is 23.8 Å². The van der Waals surface area contributed by atoms with Crippen LogP contribution in [0.1, 0.15) is 37.4 Å². The largest absolute Gasteiger partial charge is 0.332 e. The molecule has 1 aliphatic rings. The molecule has 5 nitrogen and oxygen atoms in total. The third-order valence-electron chi connectivity index (χ3n) is 4.72. The summed E-state index contributed by atoms with van der Waals surface area (Å²) in [6, 6.07) is 18.5. The molecule has 1 aliphatic carbocycles. The van der Waals surface area contributed by atoms with Crippen molar-refractivity contribution in [2.24, 2.45) is 0 Å². The van der Waals surface area contributed by atoms with Crippen LogP contribution in [0.15, 0.2) is 72.8 Å². The molecule has 3 aromatic rings. The van der Waals surface area contributed by atoms with E-state index >= 15 is 0 Å². The first-order valence-electron chi connectivity index (χ1n) is 9.30. The minimum absolute atomic E-state index is 0.0701. The highest BCUT2D eigenvalue weighted by Crippen LogP contribution is 2.29. The summed E-state index contributed by atoms with van der Waals surface area (Å²) in [5.41, 5.74) is 2.72. The number of carbonyl (C=O) groups excluding carboxylic acids is 3. The van der Waals surface area contributed by atoms with Gasteiger partial charge >= 0.3 is 0 Å². The van der Waals surface area contributed by atoms with Gasteiger partial charge in [0.1, 0.15) is 0 Å². The average Bonchev–Trinajstić information content (AvgIpc) is 2.77. The Morgan fingerprint density at radius 1 is 0.839 bits per heavy atom. The highest BCUT2D eigenvalue weighted by atomic mass is 35.5. The van der Waals surface area contributed by atoms with Crippen LogP contribution in [-0.2, 0) is 4.79 Å². The Labute approximate surface area is 188 Å². The van der Waals surface area contributed by atoms with E-state index in [1.54, 1.807) is 72.8 Å². The predicted octanol–water partition coefficient (Wildman–Crippen LogP) is 4.64. The lowest BCUT2D eigenvalue weighted by molar-refractivity contribution is -0.115. The summed E-state index contributed by atoms with van der Waals surface area (Å²) in [5, 5.41) is 6.10. The molecule has 31 heavy (non-hydrogen) atoms. The number of rotatable bonds is 3. The zero-order valence-corrected chi connectivity index (χ0v) is 17.6. The van der Waals surface area contributed by atoms with Crippen molar-refractivity contribution in [3.8, 4) is 0 Å². The number of anilines is 1. The molecule has 152 valence electrons. The van der Waals surface area contributed by atoms with Gasteiger partial charge in [-0.25, -0.2) is 0 Å². The minimum atomic E-state index is -0.411. The number of thiocarbonyl (C=S) groups is 1. The van der Waals surface area contributed by atoms with Gasteiger partial charge < -0.3 is 5.32 Å². The van der Waals surface area contributed by atoms with E-state index in [9.17, 15) is 14.4 Å². The zero-order chi connectivity index (χ0) is 22.0. The van der Waals surface area contributed by atoms with Crippen LogP contribution in [0.5, 0.6) is 0 Å². The molecule has 0 aromatic heterocycles. The first-order valence-corrected chi connectivity index (χ1v) is 10.1. The molecule has 0 saturated carbocycles. The molecule has 2 N–H and O–H groups in total. The lowest BCUT2D eigenvalue weighted by atomic mass is 9.84. The lowest BCUT2D eigenvalue weighted by Gasteiger charge is -2.18. The topological polar surface area (TPSA) is 75.3 Å². The molecular formula is C24H15ClN2O3S. The van der Waals surface area contributed by atoms with E-state index < -0.39 is 5.91 Å². The highest BCUT2D eigenvalue weighted by Gasteiger charge is 2.29. The summed E-state index contributed by atoms with van der Waals surface area (Å²) < 4.78 is 0. The summed E-state index contributed by atoms with van der Waals surface area (Å²) in [5.74, 6) is -0.833. The van der Waals surface area contributed by atoms with E-state index in [1.807, 2.05) is 0 Å². The SMILES string of the molecule is O=C(/C=C\c1ccc(Cl)cc1)NC(=S)Nc1ccc2c(c1)C(=O)c1ccccc1C2=O. The zero-order valence-electron chi connectivity index (χ0n) is 16.0. The van der Waals surface area contributed by atoms with Crippen molar-refractivity contribution in [3.63, 3.8) is 0 Å². The second-order valence-corrected chi connectivity index (χ2v) is 7.64. The Morgan fingerprint density at radius 3 is 2.13 bits per heavy atom. The van der Waals surface area contributed by atoms with E-state index in [0.717, 1.165) is 5.56 Å². The number of halogens is 1. The van der Waals surface area contributed by atoms with E-state index in [1.165, 1.54) is 6.08 Å². The number of benzene rings is 3. The van der Waals surface area contributed by atoms with Crippen molar-refractivity contribution in [3.05, 3.63) is 106 Å². The number of amides is 1. The molecule has 0 spiro atoms. The average molecular weight is 447 g/mol. The highest BCUT2D eigenvalue weighted by molar-refractivity contribution is 7.80. The second-order valence-electron chi connectivity index (χ2n) is 6.79. The summed E-state index contributed by atoms with van der Waals surface area (Å²) in [4.78, 5) is 37.6. The number of fused-ring (bicyclic) bond motifs is 2. The van der Waals surface area contributed by atoms with Gasteiger partial charge in [0.15, 0.2) is 16.7 Å². The molecule has 1 amide bonds. The number of hydrogen-bond acceptors (Lipinski definition) is 4. The minimum Gasteiger partial charge on any atom is -0.332 e. The normalized spacial score (nSPS) is 12.3. The van der Waals surface area contributed by atoms with Crippen LogP contribution in [0.3, 0.4) is 0 Å². The number of nitrogens with one attached hydrogen (secondary N) is 2. The van der Waals surface area contributed by atoms with Crippen LogP contribution in [0.4, 0.5) is 5.69 Å². The molecule has 3 aromatic carbocycles. The molecule has 0 bridgehead atoms. The summed E-state index contributed by atoms with van der Waals surface area (Å²) in [6.45, 7) is 0. The van der Waals surface area contributed by atoms with Gasteiger partial charge in [-0.1, -0.05) is 48.0 Å². The van der Waals surface area contributed by atoms with Crippen molar-refractivity contribution in [1.82, 2.24) is 5.32 Å². The summed E-state index contributed by atoms with van der Waals surface area (Å²) in [7, 11) is 0. The third kappa shape index (κ3) is 4.45. The molecule has 0 unspecified atom stereocenters. The first kappa shape index (κ1) is 20.7. The molecule has 4 rings (SSSR count). The van der Waals surface area contributed by atoms with Crippen LogP contribution in [0.2, 0.25) is 5.02 Å². The van der Waals surface area contributed by atoms with Crippen molar-refractivity contribution >= 4 is 58.2 Å². The fraction of sp³-hybridized carbons (Fsp3) is 0. The van der Waals surface area contributed by atoms with Crippen LogP contribution in [0, 0.1) is 0 Å². The maximum Gasteiger partial charge on any atom is 0.250 e. The molecule has 0 saturated heterocycles. The van der Waals surface area contributed by atoms with Gasteiger partial charge in [0, 0.05) is 39.0 Å². The molecule has 0 radical (unpaired) electrons. The van der Waals surface area contributed by atoms with Crippen molar-refractivity contribution < 1.29 is 14.4 Å². The Bertz CT molecular complexity index is 1270. The van der Waals surface area contributed by atoms with Gasteiger partial charge in [-0.3, -0.25) is 19.7 Å². The van der Waals surface area contributed by atoms with Gasteiger partial charge in [-0.2, -0.15) is 0 Å². The molecule has 7 heteroatoms. The predicted molar refractivity (Wildman–Crippen MR) is 125 cm³/mol. The van der Waals surface area contributed by atoms with Crippen LogP contribution < -0.4 is 10.6 Å². The van der Waals surface area contributed by atoms with Crippen LogP contribution >= 0.6 is 23.8 Å². The van der Waals surface area contributed by atoms with Crippen molar-refractivity contribution in [1.29, 1.82) is 0 Å². The fourth-order valence-electron chi connectivity index (χ4n) is 3.24. The molecule has 0 aliphatic heterocycles. The molecule has 0 atom stereocenters. The van der Waals surface area contributed by atoms with Crippen LogP contribution in [-0.4, -0.2) is 22.6 Å². The van der Waals surface area contributed by atoms with E-state index in [0.29, 0.717) is 33.0 Å². The second kappa shape index (κ2) is 8.63. The Morgan fingerprint density at radius 2 is 1.45 bits per heavy atom. The molecule has 0 heterocycles. The van der Waals surface area contributed by atoms with Gasteiger partial charge in [0.25, 0.3) is 0 Å². The quantitative estimate of drug-likeness (QED) is 0.354. The monoisotopic (exact) mass is 446 g/mol. The molecular weight excluding hydrogens is 432 g/mol. The lowest BCUT2D eigenvalue weighted by Crippen LogP contribution is -2.33. The van der Waals surface area contributed by atoms with E-state index in [-0.39, 0.29) is 16.7 Å². The van der Waals surface area contributed by atoms with Crippen molar-refractivity contribution in [2.75, 3.05) is 5.32 Å². The standard InChI is InChI=1S/C24H15ClN2O3S/c25-15-8-5-14(6-9-15)7-12-21(28)27-24(31)26-16-10-11-19-20(13-16)23(30)18-4-2-1-3-17(18)22(19)29/h1-13H,(H2,26,27,28,31)/b12-7-. The summed E-state index contributed by atoms with van der Waals surface area (Å²) in [6.07, 6.45) is 2.98. The number of ketones is 2. The smallest absolute Gasteiger partial charge is 0.250 e. The number of carbonyl (C=O) groups is 3. The van der Waals surface area contributed by atoms with Crippen molar-refractivity contribution in [2.45, 2.75) is 0 Å². The van der Waals surface area contributed by atoms with Gasteiger partial charge in [-0.15, -0.1) is 0 Å². The van der Waals surface area contributed by atoms with Gasteiger partial charge in [-0.05, 0) is 54.2 Å². The maximum absolute atomic E-state index is 12.8. The van der Waals surface area contributed by atoms with Gasteiger partial charge in [0.05, 0.1) is 0 Å². The molecule has 0 fully saturated rings. The third-order valence-corrected chi connectivity index (χ3v) is 5.17. The number of hydrogen-bond donors (Lipinski definition) is 2. The maximum atomic E-state index is 12.8. The Kier molecular flexibility index (Phi) is 5.75.